The fourth-order valence-corrected chi connectivity index (χ4v) is 2.10. The molecule has 0 aromatic heterocycles. The zero-order valence-electron chi connectivity index (χ0n) is 13.5. The Morgan fingerprint density at radius 2 is 1.78 bits per heavy atom. The van der Waals surface area contributed by atoms with Crippen LogP contribution >= 0.6 is 0 Å². The van der Waals surface area contributed by atoms with Gasteiger partial charge in [-0.25, -0.2) is 4.79 Å². The lowest BCUT2D eigenvalue weighted by molar-refractivity contribution is 0.0600. The number of carbonyl (C=O) groups excluding carboxylic acids is 1. The number of hydrogen-bond donors (Lipinski definition) is 0. The van der Waals surface area contributed by atoms with E-state index in [0.29, 0.717) is 17.0 Å². The number of ether oxygens (including phenoxy) is 1. The van der Waals surface area contributed by atoms with Crippen LogP contribution in [0.2, 0.25) is 0 Å². The SMILES string of the molecule is C=C(O/N=C(\C)c1cccc(C(=O)OC)c1)c1ccccc1C. The van der Waals surface area contributed by atoms with Crippen LogP contribution < -0.4 is 0 Å². The topological polar surface area (TPSA) is 47.9 Å². The molecule has 2 rings (SSSR count). The standard InChI is InChI=1S/C19H19NO3/c1-13-8-5-6-11-18(13)15(3)23-20-14(2)16-9-7-10-17(12-16)19(21)22-4/h5-12H,3H2,1-2,4H3/b20-14+. The van der Waals surface area contributed by atoms with Gasteiger partial charge in [0.25, 0.3) is 0 Å². The zero-order chi connectivity index (χ0) is 16.8. The highest BCUT2D eigenvalue weighted by Crippen LogP contribution is 2.18. The lowest BCUT2D eigenvalue weighted by atomic mass is 10.1. The van der Waals surface area contributed by atoms with E-state index in [1.807, 2.05) is 44.2 Å². The summed E-state index contributed by atoms with van der Waals surface area (Å²) in [7, 11) is 1.35. The van der Waals surface area contributed by atoms with Gasteiger partial charge in [-0.3, -0.25) is 0 Å². The molecule has 0 atom stereocenters. The first kappa shape index (κ1) is 16.5. The molecule has 0 bridgehead atoms. The molecular formula is C19H19NO3. The van der Waals surface area contributed by atoms with E-state index in [1.165, 1.54) is 7.11 Å². The molecule has 0 aliphatic rings. The van der Waals surface area contributed by atoms with E-state index in [4.69, 9.17) is 9.57 Å². The summed E-state index contributed by atoms with van der Waals surface area (Å²) in [4.78, 5) is 17.0. The molecule has 0 radical (unpaired) electrons. The second-order valence-corrected chi connectivity index (χ2v) is 5.08. The molecule has 0 aliphatic carbocycles. The van der Waals surface area contributed by atoms with Crippen LogP contribution in [0.15, 0.2) is 60.3 Å². The summed E-state index contributed by atoms with van der Waals surface area (Å²) in [5.74, 6) is 0.0939. The summed E-state index contributed by atoms with van der Waals surface area (Å²) in [5.41, 5.74) is 3.87. The predicted molar refractivity (Wildman–Crippen MR) is 91.3 cm³/mol. The van der Waals surface area contributed by atoms with E-state index >= 15 is 0 Å². The normalized spacial score (nSPS) is 11.0. The van der Waals surface area contributed by atoms with Gasteiger partial charge in [0.2, 0.25) is 0 Å². The van der Waals surface area contributed by atoms with Crippen molar-refractivity contribution in [1.29, 1.82) is 0 Å². The lowest BCUT2D eigenvalue weighted by Crippen LogP contribution is -2.04. The molecule has 0 N–H and O–H groups in total. The van der Waals surface area contributed by atoms with Crippen LogP contribution in [0.3, 0.4) is 0 Å². The summed E-state index contributed by atoms with van der Waals surface area (Å²) < 4.78 is 4.72. The first-order valence-electron chi connectivity index (χ1n) is 7.18. The van der Waals surface area contributed by atoms with Gasteiger partial charge >= 0.3 is 5.97 Å². The van der Waals surface area contributed by atoms with Crippen LogP contribution in [-0.2, 0) is 9.57 Å². The average molecular weight is 309 g/mol. The zero-order valence-corrected chi connectivity index (χ0v) is 13.5. The van der Waals surface area contributed by atoms with Crippen molar-refractivity contribution in [2.45, 2.75) is 13.8 Å². The van der Waals surface area contributed by atoms with E-state index < -0.39 is 0 Å². The third-order valence-corrected chi connectivity index (χ3v) is 3.44. The fraction of sp³-hybridized carbons (Fsp3) is 0.158. The highest BCUT2D eigenvalue weighted by Gasteiger charge is 2.08. The number of aryl methyl sites for hydroxylation is 1. The number of hydrogen-bond acceptors (Lipinski definition) is 4. The Hall–Kier alpha value is -2.88. The highest BCUT2D eigenvalue weighted by molar-refractivity contribution is 6.00. The first-order valence-corrected chi connectivity index (χ1v) is 7.18. The molecular weight excluding hydrogens is 290 g/mol. The van der Waals surface area contributed by atoms with Gasteiger partial charge in [0.15, 0.2) is 5.76 Å². The largest absolute Gasteiger partial charge is 0.465 e. The molecule has 0 aliphatic heterocycles. The molecule has 0 saturated heterocycles. The summed E-state index contributed by atoms with van der Waals surface area (Å²) in [6, 6.07) is 14.8. The molecule has 2 aromatic rings. The maximum absolute atomic E-state index is 11.6. The van der Waals surface area contributed by atoms with Crippen LogP contribution in [-0.4, -0.2) is 18.8 Å². The smallest absolute Gasteiger partial charge is 0.337 e. The maximum atomic E-state index is 11.6. The van der Waals surface area contributed by atoms with Gasteiger partial charge in [0.1, 0.15) is 0 Å². The van der Waals surface area contributed by atoms with Crippen molar-refractivity contribution in [3.63, 3.8) is 0 Å². The van der Waals surface area contributed by atoms with Crippen molar-refractivity contribution in [1.82, 2.24) is 0 Å². The van der Waals surface area contributed by atoms with Crippen molar-refractivity contribution in [2.24, 2.45) is 5.16 Å². The minimum atomic E-state index is -0.384. The van der Waals surface area contributed by atoms with Crippen LogP contribution in [0.1, 0.15) is 34.0 Å². The Morgan fingerprint density at radius 1 is 1.09 bits per heavy atom. The van der Waals surface area contributed by atoms with E-state index in [0.717, 1.165) is 16.7 Å². The third kappa shape index (κ3) is 4.07. The molecule has 0 heterocycles. The Morgan fingerprint density at radius 3 is 2.48 bits per heavy atom. The highest BCUT2D eigenvalue weighted by atomic mass is 16.6. The lowest BCUT2D eigenvalue weighted by Gasteiger charge is -2.08. The van der Waals surface area contributed by atoms with Crippen LogP contribution in [0.4, 0.5) is 0 Å². The summed E-state index contributed by atoms with van der Waals surface area (Å²) in [5, 5.41) is 4.10. The van der Waals surface area contributed by atoms with Crippen LogP contribution in [0.5, 0.6) is 0 Å². The van der Waals surface area contributed by atoms with E-state index in [9.17, 15) is 4.79 Å². The Kier molecular flexibility index (Phi) is 5.31. The first-order chi connectivity index (χ1) is 11.0. The van der Waals surface area contributed by atoms with Gasteiger partial charge < -0.3 is 9.57 Å². The number of rotatable bonds is 5. The quantitative estimate of drug-likeness (QED) is 0.360. The molecule has 0 unspecified atom stereocenters. The van der Waals surface area contributed by atoms with E-state index in [1.54, 1.807) is 18.2 Å². The summed E-state index contributed by atoms with van der Waals surface area (Å²) in [6.45, 7) is 7.70. The number of esters is 1. The molecule has 0 amide bonds. The second kappa shape index (κ2) is 7.40. The fourth-order valence-electron chi connectivity index (χ4n) is 2.10. The molecule has 4 heteroatoms. The van der Waals surface area contributed by atoms with Gasteiger partial charge in [0, 0.05) is 5.56 Å². The number of carbonyl (C=O) groups is 1. The van der Waals surface area contributed by atoms with Crippen molar-refractivity contribution in [2.75, 3.05) is 7.11 Å². The molecule has 4 nitrogen and oxygen atoms in total. The number of methoxy groups -OCH3 is 1. The molecule has 0 saturated carbocycles. The van der Waals surface area contributed by atoms with Crippen LogP contribution in [0.25, 0.3) is 5.76 Å². The van der Waals surface area contributed by atoms with Gasteiger partial charge in [-0.2, -0.15) is 0 Å². The number of oxime groups is 1. The molecule has 0 fully saturated rings. The summed E-state index contributed by atoms with van der Waals surface area (Å²) in [6.07, 6.45) is 0. The minimum absolute atomic E-state index is 0.384. The van der Waals surface area contributed by atoms with Crippen molar-refractivity contribution in [3.8, 4) is 0 Å². The van der Waals surface area contributed by atoms with Gasteiger partial charge in [-0.1, -0.05) is 48.1 Å². The Bertz CT molecular complexity index is 763. The Labute approximate surface area is 136 Å². The average Bonchev–Trinajstić information content (AvgIpc) is 2.59. The maximum Gasteiger partial charge on any atom is 0.337 e. The molecule has 2 aromatic carbocycles. The van der Waals surface area contributed by atoms with E-state index in [2.05, 4.69) is 11.7 Å². The monoisotopic (exact) mass is 309 g/mol. The predicted octanol–water partition coefficient (Wildman–Crippen LogP) is 4.19. The number of nitrogens with zero attached hydrogens (tertiary/aromatic N) is 1. The van der Waals surface area contributed by atoms with Crippen molar-refractivity contribution < 1.29 is 14.4 Å². The van der Waals surface area contributed by atoms with Gasteiger partial charge in [-0.15, -0.1) is 0 Å². The summed E-state index contributed by atoms with van der Waals surface area (Å²) >= 11 is 0. The van der Waals surface area contributed by atoms with Crippen molar-refractivity contribution >= 4 is 17.4 Å². The van der Waals surface area contributed by atoms with Gasteiger partial charge in [0.05, 0.1) is 18.4 Å². The molecule has 0 spiro atoms. The molecule has 23 heavy (non-hydrogen) atoms. The number of benzene rings is 2. The van der Waals surface area contributed by atoms with Crippen LogP contribution in [0, 0.1) is 6.92 Å². The van der Waals surface area contributed by atoms with Crippen molar-refractivity contribution in [3.05, 3.63) is 77.4 Å². The van der Waals surface area contributed by atoms with E-state index in [-0.39, 0.29) is 5.97 Å². The second-order valence-electron chi connectivity index (χ2n) is 5.08. The molecule has 118 valence electrons. The Balaban J connectivity index is 2.16. The third-order valence-electron chi connectivity index (χ3n) is 3.44. The minimum Gasteiger partial charge on any atom is -0.465 e. The van der Waals surface area contributed by atoms with Gasteiger partial charge in [-0.05, 0) is 37.1 Å².